The predicted molar refractivity (Wildman–Crippen MR) is 111 cm³/mol. The van der Waals surface area contributed by atoms with Gasteiger partial charge in [0, 0.05) is 13.1 Å². The zero-order chi connectivity index (χ0) is 22.5. The highest BCUT2D eigenvalue weighted by Gasteiger charge is 2.22. The maximum atomic E-state index is 13.4. The van der Waals surface area contributed by atoms with Crippen LogP contribution in [-0.2, 0) is 10.0 Å². The van der Waals surface area contributed by atoms with Gasteiger partial charge in [0.1, 0.15) is 0 Å². The Morgan fingerprint density at radius 2 is 1.40 bits per heavy atom. The number of nitrogens with zero attached hydrogens (tertiary/aromatic N) is 1. The molecule has 0 saturated heterocycles. The van der Waals surface area contributed by atoms with Crippen molar-refractivity contribution in [3.8, 4) is 0 Å². The Labute approximate surface area is 176 Å². The van der Waals surface area contributed by atoms with E-state index in [-0.39, 0.29) is 4.90 Å². The van der Waals surface area contributed by atoms with Gasteiger partial charge in [-0.3, -0.25) is 0 Å². The van der Waals surface area contributed by atoms with E-state index in [9.17, 15) is 22.0 Å². The Morgan fingerprint density at radius 1 is 0.900 bits per heavy atom. The summed E-state index contributed by atoms with van der Waals surface area (Å²) in [6.45, 7) is 7.74. The van der Waals surface area contributed by atoms with Gasteiger partial charge >= 0.3 is 6.03 Å². The fraction of sp³-hybridized carbons (Fsp3) is 0.381. The average molecular weight is 440 g/mol. The van der Waals surface area contributed by atoms with E-state index in [0.29, 0.717) is 18.7 Å². The number of carbonyl (C=O) groups is 1. The van der Waals surface area contributed by atoms with E-state index in [4.69, 9.17) is 0 Å². The van der Waals surface area contributed by atoms with Gasteiger partial charge < -0.3 is 10.6 Å². The van der Waals surface area contributed by atoms with Crippen LogP contribution in [0.2, 0.25) is 0 Å². The molecule has 2 N–H and O–H groups in total. The Morgan fingerprint density at radius 3 is 1.90 bits per heavy atom. The van der Waals surface area contributed by atoms with Crippen LogP contribution in [0.25, 0.3) is 0 Å². The van der Waals surface area contributed by atoms with E-state index >= 15 is 0 Å². The third kappa shape index (κ3) is 5.54. The first-order valence-electron chi connectivity index (χ1n) is 9.72. The lowest BCUT2D eigenvalue weighted by Gasteiger charge is -2.20. The molecule has 2 atom stereocenters. The molecule has 6 nitrogen and oxygen atoms in total. The van der Waals surface area contributed by atoms with Gasteiger partial charge in [0.15, 0.2) is 11.6 Å². The normalized spacial score (nSPS) is 13.7. The third-order valence-corrected chi connectivity index (χ3v) is 6.93. The highest BCUT2D eigenvalue weighted by molar-refractivity contribution is 7.89. The van der Waals surface area contributed by atoms with Gasteiger partial charge in [0.05, 0.1) is 17.0 Å². The highest BCUT2D eigenvalue weighted by Crippen LogP contribution is 2.20. The summed E-state index contributed by atoms with van der Waals surface area (Å²) in [6, 6.07) is 8.38. The van der Waals surface area contributed by atoms with Crippen molar-refractivity contribution in [1.82, 2.24) is 14.9 Å². The molecule has 0 heterocycles. The van der Waals surface area contributed by atoms with E-state index in [0.717, 1.165) is 17.7 Å². The van der Waals surface area contributed by atoms with Crippen LogP contribution >= 0.6 is 0 Å². The number of urea groups is 1. The van der Waals surface area contributed by atoms with Crippen molar-refractivity contribution in [3.05, 3.63) is 65.2 Å². The van der Waals surface area contributed by atoms with Crippen molar-refractivity contribution < 1.29 is 22.0 Å². The molecule has 30 heavy (non-hydrogen) atoms. The number of hydrogen-bond acceptors (Lipinski definition) is 3. The molecule has 0 bridgehead atoms. The van der Waals surface area contributed by atoms with Crippen molar-refractivity contribution >= 4 is 16.1 Å². The van der Waals surface area contributed by atoms with Crippen LogP contribution in [0, 0.1) is 11.6 Å². The molecule has 0 aliphatic heterocycles. The summed E-state index contributed by atoms with van der Waals surface area (Å²) < 4.78 is 52.9. The van der Waals surface area contributed by atoms with Crippen molar-refractivity contribution in [3.63, 3.8) is 0 Å². The second-order valence-electron chi connectivity index (χ2n) is 6.89. The minimum absolute atomic E-state index is 0.193. The second kappa shape index (κ2) is 9.99. The topological polar surface area (TPSA) is 78.5 Å². The van der Waals surface area contributed by atoms with E-state index < -0.39 is 39.8 Å². The van der Waals surface area contributed by atoms with E-state index in [1.165, 1.54) is 22.5 Å². The molecule has 0 aliphatic rings. The second-order valence-corrected chi connectivity index (χ2v) is 8.83. The quantitative estimate of drug-likeness (QED) is 0.650. The Balaban J connectivity index is 2.02. The zero-order valence-electron chi connectivity index (χ0n) is 17.4. The Hall–Kier alpha value is -2.52. The maximum Gasteiger partial charge on any atom is 0.315 e. The molecule has 0 aromatic heterocycles. The molecule has 0 fully saturated rings. The summed E-state index contributed by atoms with van der Waals surface area (Å²) >= 11 is 0. The predicted octanol–water partition coefficient (Wildman–Crippen LogP) is 4.12. The van der Waals surface area contributed by atoms with Crippen LogP contribution in [0.1, 0.15) is 50.9 Å². The summed E-state index contributed by atoms with van der Waals surface area (Å²) in [6.07, 6.45) is 0. The molecule has 0 unspecified atom stereocenters. The number of halogens is 2. The SMILES string of the molecule is CCN(CC)S(=O)(=O)c1ccc([C@H](C)NC(=O)N[C@H](C)c2ccc(F)c(F)c2)cc1. The number of benzene rings is 2. The molecule has 2 amide bonds. The third-order valence-electron chi connectivity index (χ3n) is 4.86. The van der Waals surface area contributed by atoms with E-state index in [1.807, 2.05) is 0 Å². The molecule has 0 spiro atoms. The number of carbonyl (C=O) groups excluding carboxylic acids is 1. The van der Waals surface area contributed by atoms with Crippen LogP contribution in [0.15, 0.2) is 47.4 Å². The van der Waals surface area contributed by atoms with Crippen LogP contribution < -0.4 is 10.6 Å². The maximum absolute atomic E-state index is 13.4. The first kappa shape index (κ1) is 23.8. The van der Waals surface area contributed by atoms with Gasteiger partial charge in [0.25, 0.3) is 0 Å². The first-order chi connectivity index (χ1) is 14.1. The van der Waals surface area contributed by atoms with Gasteiger partial charge in [-0.15, -0.1) is 0 Å². The van der Waals surface area contributed by atoms with E-state index in [1.54, 1.807) is 39.8 Å². The minimum atomic E-state index is -3.54. The van der Waals surface area contributed by atoms with Crippen LogP contribution in [-0.4, -0.2) is 31.8 Å². The molecule has 2 rings (SSSR count). The summed E-state index contributed by atoms with van der Waals surface area (Å²) in [5.74, 6) is -1.93. The summed E-state index contributed by atoms with van der Waals surface area (Å²) in [7, 11) is -3.54. The van der Waals surface area contributed by atoms with E-state index in [2.05, 4.69) is 10.6 Å². The molecule has 0 radical (unpaired) electrons. The number of nitrogens with one attached hydrogen (secondary N) is 2. The van der Waals surface area contributed by atoms with Gasteiger partial charge in [-0.2, -0.15) is 4.31 Å². The molecule has 0 saturated carbocycles. The van der Waals surface area contributed by atoms with Gasteiger partial charge in [0.2, 0.25) is 10.0 Å². The summed E-state index contributed by atoms with van der Waals surface area (Å²) in [4.78, 5) is 12.5. The summed E-state index contributed by atoms with van der Waals surface area (Å²) in [5.41, 5.74) is 1.16. The molecule has 2 aromatic rings. The standard InChI is InChI=1S/C21H27F2N3O3S/c1-5-26(6-2)30(28,29)18-10-7-16(8-11-18)14(3)24-21(27)25-15(4)17-9-12-19(22)20(23)13-17/h7-15H,5-6H2,1-4H3,(H2,24,25,27)/t14-,15+/m0/s1. The average Bonchev–Trinajstić information content (AvgIpc) is 2.70. The molecular weight excluding hydrogens is 412 g/mol. The smallest absolute Gasteiger partial charge is 0.315 e. The van der Waals surface area contributed by atoms with Crippen molar-refractivity contribution in [1.29, 1.82) is 0 Å². The first-order valence-corrected chi connectivity index (χ1v) is 11.2. The van der Waals surface area contributed by atoms with Crippen LogP contribution in [0.4, 0.5) is 13.6 Å². The lowest BCUT2D eigenvalue weighted by molar-refractivity contribution is 0.235. The number of rotatable bonds is 8. The molecule has 2 aromatic carbocycles. The summed E-state index contributed by atoms with van der Waals surface area (Å²) in [5, 5.41) is 5.42. The van der Waals surface area contributed by atoms with Crippen molar-refractivity contribution in [2.24, 2.45) is 0 Å². The lowest BCUT2D eigenvalue weighted by atomic mass is 10.1. The van der Waals surface area contributed by atoms with Crippen LogP contribution in [0.3, 0.4) is 0 Å². The number of sulfonamides is 1. The molecule has 0 aliphatic carbocycles. The fourth-order valence-corrected chi connectivity index (χ4v) is 4.48. The number of amides is 2. The van der Waals surface area contributed by atoms with Gasteiger partial charge in [-0.25, -0.2) is 22.0 Å². The lowest BCUT2D eigenvalue weighted by Crippen LogP contribution is -2.38. The van der Waals surface area contributed by atoms with Crippen molar-refractivity contribution in [2.75, 3.05) is 13.1 Å². The Bertz CT molecular complexity index is 977. The monoisotopic (exact) mass is 439 g/mol. The Kier molecular flexibility index (Phi) is 7.91. The molecule has 9 heteroatoms. The number of hydrogen-bond donors (Lipinski definition) is 2. The van der Waals surface area contributed by atoms with Crippen LogP contribution in [0.5, 0.6) is 0 Å². The fourth-order valence-electron chi connectivity index (χ4n) is 3.02. The van der Waals surface area contributed by atoms with Gasteiger partial charge in [-0.05, 0) is 49.2 Å². The molecular formula is C21H27F2N3O3S. The zero-order valence-corrected chi connectivity index (χ0v) is 18.3. The largest absolute Gasteiger partial charge is 0.332 e. The van der Waals surface area contributed by atoms with Crippen molar-refractivity contribution in [2.45, 2.75) is 44.7 Å². The highest BCUT2D eigenvalue weighted by atomic mass is 32.2. The van der Waals surface area contributed by atoms with Gasteiger partial charge in [-0.1, -0.05) is 32.0 Å². The molecule has 164 valence electrons. The minimum Gasteiger partial charge on any atom is -0.332 e.